The van der Waals surface area contributed by atoms with Gasteiger partial charge in [0.2, 0.25) is 5.91 Å². The monoisotopic (exact) mass is 253 g/mol. The molecule has 0 aliphatic heterocycles. The summed E-state index contributed by atoms with van der Waals surface area (Å²) in [6.07, 6.45) is 4.79. The Morgan fingerprint density at radius 1 is 1.53 bits per heavy atom. The van der Waals surface area contributed by atoms with E-state index in [1.54, 1.807) is 17.0 Å². The summed E-state index contributed by atoms with van der Waals surface area (Å²) in [5.74, 6) is -0.695. The number of carbonyl (C=O) groups is 1. The summed E-state index contributed by atoms with van der Waals surface area (Å²) in [7, 11) is 0. The number of amides is 1. The van der Waals surface area contributed by atoms with Gasteiger partial charge in [0.15, 0.2) is 0 Å². The highest BCUT2D eigenvalue weighted by atomic mass is 35.5. The zero-order valence-corrected chi connectivity index (χ0v) is 9.49. The maximum absolute atomic E-state index is 12.8. The molecule has 0 spiro atoms. The van der Waals surface area contributed by atoms with E-state index < -0.39 is 5.82 Å². The van der Waals surface area contributed by atoms with Crippen molar-refractivity contribution < 1.29 is 9.18 Å². The van der Waals surface area contributed by atoms with Gasteiger partial charge in [-0.1, -0.05) is 11.6 Å². The van der Waals surface area contributed by atoms with Crippen molar-refractivity contribution in [1.82, 2.24) is 9.55 Å². The summed E-state index contributed by atoms with van der Waals surface area (Å²) in [4.78, 5) is 15.4. The fraction of sp³-hybridized carbons (Fsp3) is 0.0909. The summed E-state index contributed by atoms with van der Waals surface area (Å²) in [6, 6.07) is 3.80. The van der Waals surface area contributed by atoms with E-state index in [9.17, 15) is 9.18 Å². The van der Waals surface area contributed by atoms with Gasteiger partial charge in [0.25, 0.3) is 0 Å². The van der Waals surface area contributed by atoms with Gasteiger partial charge < -0.3 is 9.88 Å². The Labute approximate surface area is 102 Å². The molecule has 88 valence electrons. The molecular weight excluding hydrogens is 245 g/mol. The van der Waals surface area contributed by atoms with Crippen molar-refractivity contribution in [1.29, 1.82) is 0 Å². The number of carbonyl (C=O) groups excluding carboxylic acids is 1. The van der Waals surface area contributed by atoms with Crippen molar-refractivity contribution in [3.05, 3.63) is 47.8 Å². The Kier molecular flexibility index (Phi) is 3.39. The van der Waals surface area contributed by atoms with Crippen LogP contribution in [0.3, 0.4) is 0 Å². The second-order valence-electron chi connectivity index (χ2n) is 3.41. The number of anilines is 1. The van der Waals surface area contributed by atoms with Crippen LogP contribution < -0.4 is 5.32 Å². The van der Waals surface area contributed by atoms with E-state index in [1.807, 2.05) is 0 Å². The molecule has 17 heavy (non-hydrogen) atoms. The van der Waals surface area contributed by atoms with E-state index in [4.69, 9.17) is 11.6 Å². The number of nitrogens with one attached hydrogen (secondary N) is 1. The first-order chi connectivity index (χ1) is 8.15. The molecule has 1 heterocycles. The molecule has 0 aliphatic carbocycles. The van der Waals surface area contributed by atoms with Crippen LogP contribution in [0.1, 0.15) is 0 Å². The molecule has 1 amide bonds. The number of imidazole rings is 1. The highest BCUT2D eigenvalue weighted by Gasteiger charge is 2.07. The molecule has 1 aromatic heterocycles. The number of rotatable bonds is 3. The van der Waals surface area contributed by atoms with Gasteiger partial charge in [-0.25, -0.2) is 9.37 Å². The first-order valence-electron chi connectivity index (χ1n) is 4.86. The molecule has 1 N–H and O–H groups in total. The molecule has 0 bridgehead atoms. The Bertz CT molecular complexity index is 528. The van der Waals surface area contributed by atoms with Crippen LogP contribution >= 0.6 is 11.6 Å². The SMILES string of the molecule is O=C(Cn1ccnc1)Nc1ccc(F)cc1Cl. The highest BCUT2D eigenvalue weighted by molar-refractivity contribution is 6.33. The van der Waals surface area contributed by atoms with Crippen molar-refractivity contribution >= 4 is 23.2 Å². The van der Waals surface area contributed by atoms with Crippen LogP contribution in [0.25, 0.3) is 0 Å². The minimum atomic E-state index is -0.442. The molecule has 2 aromatic rings. The van der Waals surface area contributed by atoms with Gasteiger partial charge in [-0.2, -0.15) is 0 Å². The van der Waals surface area contributed by atoms with Gasteiger partial charge in [0.1, 0.15) is 12.4 Å². The van der Waals surface area contributed by atoms with Gasteiger partial charge >= 0.3 is 0 Å². The molecule has 0 radical (unpaired) electrons. The van der Waals surface area contributed by atoms with E-state index in [1.165, 1.54) is 18.5 Å². The second-order valence-corrected chi connectivity index (χ2v) is 3.81. The standard InChI is InChI=1S/C11H9ClFN3O/c12-9-5-8(13)1-2-10(9)15-11(17)6-16-4-3-14-7-16/h1-5,7H,6H2,(H,15,17). The number of halogens is 2. The van der Waals surface area contributed by atoms with Crippen molar-refractivity contribution in [2.45, 2.75) is 6.54 Å². The van der Waals surface area contributed by atoms with E-state index >= 15 is 0 Å². The molecule has 2 rings (SSSR count). The minimum absolute atomic E-state index is 0.133. The van der Waals surface area contributed by atoms with Crippen LogP contribution in [0.15, 0.2) is 36.9 Å². The lowest BCUT2D eigenvalue weighted by Gasteiger charge is -2.07. The number of nitrogens with zero attached hydrogens (tertiary/aromatic N) is 2. The topological polar surface area (TPSA) is 46.9 Å². The molecule has 0 saturated carbocycles. The van der Waals surface area contributed by atoms with E-state index in [2.05, 4.69) is 10.3 Å². The predicted molar refractivity (Wildman–Crippen MR) is 62.3 cm³/mol. The summed E-state index contributed by atoms with van der Waals surface area (Å²) in [5.41, 5.74) is 0.387. The Balaban J connectivity index is 2.03. The molecule has 0 saturated heterocycles. The molecule has 0 unspecified atom stereocenters. The van der Waals surface area contributed by atoms with Crippen molar-refractivity contribution in [3.63, 3.8) is 0 Å². The van der Waals surface area contributed by atoms with E-state index in [0.717, 1.165) is 6.07 Å². The van der Waals surface area contributed by atoms with E-state index in [-0.39, 0.29) is 17.5 Å². The molecular formula is C11H9ClFN3O. The maximum atomic E-state index is 12.8. The fourth-order valence-electron chi connectivity index (χ4n) is 1.33. The Morgan fingerprint density at radius 2 is 2.35 bits per heavy atom. The van der Waals surface area contributed by atoms with Gasteiger partial charge in [-0.3, -0.25) is 4.79 Å². The Hall–Kier alpha value is -1.88. The lowest BCUT2D eigenvalue weighted by atomic mass is 10.3. The minimum Gasteiger partial charge on any atom is -0.328 e. The van der Waals surface area contributed by atoms with Gasteiger partial charge in [-0.05, 0) is 18.2 Å². The zero-order chi connectivity index (χ0) is 12.3. The lowest BCUT2D eigenvalue weighted by Crippen LogP contribution is -2.18. The van der Waals surface area contributed by atoms with E-state index in [0.29, 0.717) is 5.69 Å². The smallest absolute Gasteiger partial charge is 0.244 e. The normalized spacial score (nSPS) is 10.2. The first kappa shape index (κ1) is 11.6. The largest absolute Gasteiger partial charge is 0.328 e. The quantitative estimate of drug-likeness (QED) is 0.913. The van der Waals surface area contributed by atoms with Crippen molar-refractivity contribution in [2.75, 3.05) is 5.32 Å². The number of hydrogen-bond acceptors (Lipinski definition) is 2. The van der Waals surface area contributed by atoms with Crippen molar-refractivity contribution in [2.24, 2.45) is 0 Å². The third-order valence-corrected chi connectivity index (χ3v) is 2.40. The molecule has 0 atom stereocenters. The van der Waals surface area contributed by atoms with Gasteiger partial charge in [-0.15, -0.1) is 0 Å². The Morgan fingerprint density at radius 3 is 3.00 bits per heavy atom. The third-order valence-electron chi connectivity index (χ3n) is 2.09. The third kappa shape index (κ3) is 3.04. The summed E-state index contributed by atoms with van der Waals surface area (Å²) in [6.45, 7) is 0.133. The molecule has 0 aliphatic rings. The number of benzene rings is 1. The van der Waals surface area contributed by atoms with Crippen LogP contribution in [0.5, 0.6) is 0 Å². The maximum Gasteiger partial charge on any atom is 0.244 e. The lowest BCUT2D eigenvalue weighted by molar-refractivity contribution is -0.116. The summed E-state index contributed by atoms with van der Waals surface area (Å²) < 4.78 is 14.4. The summed E-state index contributed by atoms with van der Waals surface area (Å²) in [5, 5.41) is 2.76. The van der Waals surface area contributed by atoms with Crippen LogP contribution in [-0.2, 0) is 11.3 Å². The highest BCUT2D eigenvalue weighted by Crippen LogP contribution is 2.22. The van der Waals surface area contributed by atoms with Gasteiger partial charge in [0.05, 0.1) is 17.0 Å². The molecule has 0 fully saturated rings. The zero-order valence-electron chi connectivity index (χ0n) is 8.73. The van der Waals surface area contributed by atoms with Crippen LogP contribution in [0.2, 0.25) is 5.02 Å². The number of hydrogen-bond donors (Lipinski definition) is 1. The second kappa shape index (κ2) is 4.97. The summed E-state index contributed by atoms with van der Waals surface area (Å²) >= 11 is 5.78. The molecule has 1 aromatic carbocycles. The van der Waals surface area contributed by atoms with Gasteiger partial charge in [0, 0.05) is 12.4 Å². The fourth-order valence-corrected chi connectivity index (χ4v) is 1.54. The average Bonchev–Trinajstić information content (AvgIpc) is 2.75. The number of aromatic nitrogens is 2. The molecule has 6 heteroatoms. The van der Waals surface area contributed by atoms with Crippen LogP contribution in [-0.4, -0.2) is 15.5 Å². The first-order valence-corrected chi connectivity index (χ1v) is 5.23. The average molecular weight is 254 g/mol. The molecule has 4 nitrogen and oxygen atoms in total. The van der Waals surface area contributed by atoms with Crippen LogP contribution in [0.4, 0.5) is 10.1 Å². The predicted octanol–water partition coefficient (Wildman–Crippen LogP) is 2.31. The van der Waals surface area contributed by atoms with Crippen LogP contribution in [0, 0.1) is 5.82 Å². The van der Waals surface area contributed by atoms with Crippen molar-refractivity contribution in [3.8, 4) is 0 Å².